The van der Waals surface area contributed by atoms with Crippen LogP contribution >= 0.6 is 0 Å². The number of carbonyl (C=O) groups excluding carboxylic acids is 3. The third-order valence-electron chi connectivity index (χ3n) is 5.19. The topological polar surface area (TPSA) is 103 Å². The number of cyclic esters (lactones) is 2. The lowest BCUT2D eigenvalue weighted by Crippen LogP contribution is -2.48. The maximum Gasteiger partial charge on any atom is 0.334 e. The van der Waals surface area contributed by atoms with Crippen LogP contribution < -0.4 is 0 Å². The Labute approximate surface area is 166 Å². The number of imidazole rings is 1. The van der Waals surface area contributed by atoms with Gasteiger partial charge >= 0.3 is 17.7 Å². The molecular weight excluding hydrogens is 374 g/mol. The summed E-state index contributed by atoms with van der Waals surface area (Å²) >= 11 is 0. The number of esters is 2. The molecule has 3 heterocycles. The first-order valence-electron chi connectivity index (χ1n) is 9.04. The molecule has 0 aliphatic carbocycles. The Bertz CT molecular complexity index is 1160. The Morgan fingerprint density at radius 1 is 1.14 bits per heavy atom. The summed E-state index contributed by atoms with van der Waals surface area (Å²) in [4.78, 5) is 45.4. The van der Waals surface area contributed by atoms with Gasteiger partial charge in [0.05, 0.1) is 24.0 Å². The van der Waals surface area contributed by atoms with Crippen molar-refractivity contribution in [2.45, 2.75) is 26.1 Å². The highest BCUT2D eigenvalue weighted by Gasteiger charge is 2.50. The minimum Gasteiger partial charge on any atom is -0.411 e. The van der Waals surface area contributed by atoms with E-state index in [-0.39, 0.29) is 6.42 Å². The monoisotopic (exact) mass is 393 g/mol. The molecule has 0 atom stereocenters. The van der Waals surface area contributed by atoms with Crippen molar-refractivity contribution in [1.29, 1.82) is 0 Å². The normalized spacial score (nSPS) is 15.8. The molecule has 1 aromatic carbocycles. The van der Waals surface area contributed by atoms with Crippen molar-refractivity contribution in [3.8, 4) is 0 Å². The van der Waals surface area contributed by atoms with Crippen molar-refractivity contribution in [2.75, 3.05) is 0 Å². The number of aryl methyl sites for hydroxylation is 2. The van der Waals surface area contributed by atoms with Gasteiger partial charge in [-0.25, -0.2) is 14.6 Å². The third-order valence-corrected chi connectivity index (χ3v) is 5.19. The van der Waals surface area contributed by atoms with Gasteiger partial charge in [0, 0.05) is 41.5 Å². The Balaban J connectivity index is 1.91. The average Bonchev–Trinajstić information content (AvgIpc) is 3.15. The van der Waals surface area contributed by atoms with Crippen LogP contribution in [-0.2, 0) is 32.5 Å². The largest absolute Gasteiger partial charge is 0.411 e. The highest BCUT2D eigenvalue weighted by molar-refractivity contribution is 6.14. The summed E-state index contributed by atoms with van der Waals surface area (Å²) in [5.74, 6) is -4.45. The van der Waals surface area contributed by atoms with Gasteiger partial charge in [0.15, 0.2) is 0 Å². The molecule has 4 rings (SSSR count). The van der Waals surface area contributed by atoms with E-state index in [0.717, 1.165) is 17.7 Å². The van der Waals surface area contributed by atoms with Crippen molar-refractivity contribution in [3.63, 3.8) is 0 Å². The summed E-state index contributed by atoms with van der Waals surface area (Å²) in [6.45, 7) is 3.56. The van der Waals surface area contributed by atoms with Crippen LogP contribution in [0.1, 0.15) is 27.4 Å². The van der Waals surface area contributed by atoms with E-state index in [4.69, 9.17) is 9.47 Å². The predicted molar refractivity (Wildman–Crippen MR) is 103 cm³/mol. The number of aromatic nitrogens is 3. The van der Waals surface area contributed by atoms with E-state index in [1.54, 1.807) is 13.8 Å². The summed E-state index contributed by atoms with van der Waals surface area (Å²) in [6.07, 6.45) is 3.16. The number of benzene rings is 1. The second-order valence-electron chi connectivity index (χ2n) is 6.95. The molecule has 8 nitrogen and oxygen atoms in total. The van der Waals surface area contributed by atoms with Gasteiger partial charge in [0.2, 0.25) is 5.78 Å². The molecule has 29 heavy (non-hydrogen) atoms. The van der Waals surface area contributed by atoms with Gasteiger partial charge in [0.1, 0.15) is 0 Å². The number of carbonyl (C=O) groups is 3. The number of aromatic amines is 1. The predicted octanol–water partition coefficient (Wildman–Crippen LogP) is 2.30. The Hall–Kier alpha value is -3.68. The summed E-state index contributed by atoms with van der Waals surface area (Å²) in [6, 6.07) is 7.38. The quantitative estimate of drug-likeness (QED) is 0.539. The maximum absolute atomic E-state index is 13.8. The first kappa shape index (κ1) is 18.7. The number of ketones is 1. The smallest absolute Gasteiger partial charge is 0.334 e. The number of hydrogen-bond donors (Lipinski definition) is 1. The molecule has 2 aromatic heterocycles. The van der Waals surface area contributed by atoms with E-state index >= 15 is 0 Å². The van der Waals surface area contributed by atoms with E-state index in [0.29, 0.717) is 28.0 Å². The zero-order valence-corrected chi connectivity index (χ0v) is 16.2. The number of rotatable bonds is 4. The first-order valence-corrected chi connectivity index (χ1v) is 9.04. The number of para-hydroxylation sites is 1. The molecule has 0 spiro atoms. The van der Waals surface area contributed by atoms with E-state index in [1.807, 2.05) is 35.9 Å². The van der Waals surface area contributed by atoms with E-state index in [2.05, 4.69) is 9.97 Å². The zero-order chi connectivity index (χ0) is 20.8. The summed E-state index contributed by atoms with van der Waals surface area (Å²) in [5, 5.41) is 0.680. The summed E-state index contributed by atoms with van der Waals surface area (Å²) in [7, 11) is 1.84. The second kappa shape index (κ2) is 6.73. The molecule has 0 fully saturated rings. The summed E-state index contributed by atoms with van der Waals surface area (Å²) < 4.78 is 12.8. The third kappa shape index (κ3) is 3.02. The minimum atomic E-state index is -2.16. The van der Waals surface area contributed by atoms with Crippen molar-refractivity contribution in [2.24, 2.45) is 7.05 Å². The van der Waals surface area contributed by atoms with Gasteiger partial charge < -0.3 is 19.0 Å². The van der Waals surface area contributed by atoms with E-state index in [1.165, 1.54) is 6.33 Å². The highest BCUT2D eigenvalue weighted by atomic mass is 16.7. The fourth-order valence-electron chi connectivity index (χ4n) is 3.58. The SMILES string of the molecule is Cc1[nH]cnc1CC1(C(=O)c2c(C)n(C)c3ccccc23)OC(=O)C=CC(=O)O1. The molecule has 1 aliphatic heterocycles. The maximum atomic E-state index is 13.8. The lowest BCUT2D eigenvalue weighted by Gasteiger charge is -2.29. The number of hydrogen-bond acceptors (Lipinski definition) is 6. The number of nitrogens with one attached hydrogen (secondary N) is 1. The number of Topliss-reactive ketones (excluding diaryl/α,β-unsaturated/α-hetero) is 1. The molecule has 8 heteroatoms. The van der Waals surface area contributed by atoms with Crippen LogP contribution in [0.4, 0.5) is 0 Å². The molecule has 0 radical (unpaired) electrons. The number of fused-ring (bicyclic) bond motifs is 1. The molecule has 3 aromatic rings. The van der Waals surface area contributed by atoms with Crippen LogP contribution in [0.5, 0.6) is 0 Å². The van der Waals surface area contributed by atoms with E-state index in [9.17, 15) is 14.4 Å². The molecular formula is C21H19N3O5. The van der Waals surface area contributed by atoms with Gasteiger partial charge in [-0.15, -0.1) is 0 Å². The Kier molecular flexibility index (Phi) is 4.34. The van der Waals surface area contributed by atoms with Crippen LogP contribution in [0.2, 0.25) is 0 Å². The molecule has 148 valence electrons. The number of nitrogens with zero attached hydrogens (tertiary/aromatic N) is 2. The van der Waals surface area contributed by atoms with Crippen LogP contribution in [0.15, 0.2) is 42.7 Å². The molecule has 0 saturated carbocycles. The van der Waals surface area contributed by atoms with Gasteiger partial charge in [-0.3, -0.25) is 4.79 Å². The second-order valence-corrected chi connectivity index (χ2v) is 6.95. The average molecular weight is 393 g/mol. The van der Waals surface area contributed by atoms with Gasteiger partial charge in [-0.05, 0) is 19.9 Å². The fraction of sp³-hybridized carbons (Fsp3) is 0.238. The first-order chi connectivity index (χ1) is 13.8. The molecule has 0 amide bonds. The molecule has 1 N–H and O–H groups in total. The Morgan fingerprint density at radius 2 is 1.79 bits per heavy atom. The Morgan fingerprint density at radius 3 is 2.41 bits per heavy atom. The standard InChI is InChI=1S/C21H19N3O5/c1-12-15(23-11-22-12)10-21(28-17(25)8-9-18(26)29-21)20(27)19-13(2)24(3)16-7-5-4-6-14(16)19/h4-9,11H,10H2,1-3H3,(H,22,23). The van der Waals surface area contributed by atoms with Crippen molar-refractivity contribution in [3.05, 3.63) is 65.4 Å². The van der Waals surface area contributed by atoms with Crippen molar-refractivity contribution < 1.29 is 23.9 Å². The summed E-state index contributed by atoms with van der Waals surface area (Å²) in [5.41, 5.74) is 2.97. The molecule has 0 bridgehead atoms. The molecule has 1 aliphatic rings. The van der Waals surface area contributed by atoms with Crippen LogP contribution in [0, 0.1) is 13.8 Å². The highest BCUT2D eigenvalue weighted by Crippen LogP contribution is 2.33. The van der Waals surface area contributed by atoms with Crippen LogP contribution in [-0.4, -0.2) is 38.0 Å². The van der Waals surface area contributed by atoms with Gasteiger partial charge in [0.25, 0.3) is 0 Å². The number of H-pyrrole nitrogens is 1. The van der Waals surface area contributed by atoms with Crippen molar-refractivity contribution >= 4 is 28.6 Å². The zero-order valence-electron chi connectivity index (χ0n) is 16.2. The minimum absolute atomic E-state index is 0.205. The number of ether oxygens (including phenoxy) is 2. The van der Waals surface area contributed by atoms with E-state index < -0.39 is 23.5 Å². The van der Waals surface area contributed by atoms with Crippen LogP contribution in [0.3, 0.4) is 0 Å². The lowest BCUT2D eigenvalue weighted by molar-refractivity contribution is -0.201. The molecule has 0 saturated heterocycles. The van der Waals surface area contributed by atoms with Crippen molar-refractivity contribution in [1.82, 2.24) is 14.5 Å². The molecule has 0 unspecified atom stereocenters. The van der Waals surface area contributed by atoms with Gasteiger partial charge in [-0.1, -0.05) is 18.2 Å². The lowest BCUT2D eigenvalue weighted by atomic mass is 9.95. The van der Waals surface area contributed by atoms with Gasteiger partial charge in [-0.2, -0.15) is 0 Å². The van der Waals surface area contributed by atoms with Crippen LogP contribution in [0.25, 0.3) is 10.9 Å². The fourth-order valence-corrected chi connectivity index (χ4v) is 3.58.